The van der Waals surface area contributed by atoms with E-state index in [1.165, 1.54) is 17.3 Å². The van der Waals surface area contributed by atoms with Crippen LogP contribution >= 0.6 is 0 Å². The zero-order valence-electron chi connectivity index (χ0n) is 17.4. The number of nitrogens with zero attached hydrogens (tertiary/aromatic N) is 3. The second-order valence-corrected chi connectivity index (χ2v) is 7.18. The number of carboxylic acid groups (broad SMARTS) is 1. The van der Waals surface area contributed by atoms with Crippen LogP contribution in [0.15, 0.2) is 60.8 Å². The fraction of sp³-hybridized carbons (Fsp3) is 0.292. The Morgan fingerprint density at radius 1 is 1.03 bits per heavy atom. The molecule has 0 fully saturated rings. The molecule has 0 radical (unpaired) electrons. The predicted molar refractivity (Wildman–Crippen MR) is 117 cm³/mol. The van der Waals surface area contributed by atoms with Gasteiger partial charge in [0.05, 0.1) is 5.69 Å². The average molecular weight is 405 g/mol. The highest BCUT2D eigenvalue weighted by atomic mass is 16.5. The van der Waals surface area contributed by atoms with Crippen LogP contribution in [0, 0.1) is 0 Å². The van der Waals surface area contributed by atoms with Gasteiger partial charge in [-0.1, -0.05) is 55.8 Å². The van der Waals surface area contributed by atoms with Gasteiger partial charge in [0.25, 0.3) is 0 Å². The van der Waals surface area contributed by atoms with Crippen LogP contribution in [-0.4, -0.2) is 34.6 Å². The number of hydrogen-bond donors (Lipinski definition) is 1. The zero-order valence-corrected chi connectivity index (χ0v) is 17.4. The molecular weight excluding hydrogens is 378 g/mol. The molecular formula is C24H27N3O3. The number of aryl methyl sites for hydroxylation is 1. The maximum Gasteiger partial charge on any atom is 0.339 e. The molecule has 0 saturated heterocycles. The van der Waals surface area contributed by atoms with Crippen molar-refractivity contribution in [3.63, 3.8) is 0 Å². The lowest BCUT2D eigenvalue weighted by Gasteiger charge is -2.18. The minimum absolute atomic E-state index is 0.0535. The molecule has 6 heteroatoms. The van der Waals surface area contributed by atoms with E-state index in [2.05, 4.69) is 29.0 Å². The van der Waals surface area contributed by atoms with Crippen molar-refractivity contribution in [3.8, 4) is 5.75 Å². The van der Waals surface area contributed by atoms with Crippen molar-refractivity contribution in [2.45, 2.75) is 32.8 Å². The monoisotopic (exact) mass is 405 g/mol. The molecule has 0 aliphatic carbocycles. The van der Waals surface area contributed by atoms with Gasteiger partial charge in [0.1, 0.15) is 17.9 Å². The number of anilines is 1. The molecule has 0 aliphatic heterocycles. The van der Waals surface area contributed by atoms with Gasteiger partial charge in [-0.05, 0) is 36.1 Å². The zero-order chi connectivity index (χ0) is 21.3. The maximum absolute atomic E-state index is 11.6. The first-order valence-electron chi connectivity index (χ1n) is 10.1. The lowest BCUT2D eigenvalue weighted by atomic mass is 10.1. The summed E-state index contributed by atoms with van der Waals surface area (Å²) in [6.07, 6.45) is 4.31. The van der Waals surface area contributed by atoms with E-state index in [0.717, 1.165) is 25.8 Å². The van der Waals surface area contributed by atoms with Gasteiger partial charge in [-0.2, -0.15) is 0 Å². The third-order valence-electron chi connectivity index (χ3n) is 4.84. The van der Waals surface area contributed by atoms with Crippen LogP contribution in [0.2, 0.25) is 0 Å². The third-order valence-corrected chi connectivity index (χ3v) is 4.84. The molecule has 0 amide bonds. The summed E-state index contributed by atoms with van der Waals surface area (Å²) in [4.78, 5) is 22.2. The molecule has 0 saturated carbocycles. The molecule has 0 aliphatic rings. The Morgan fingerprint density at radius 3 is 2.40 bits per heavy atom. The van der Waals surface area contributed by atoms with Crippen molar-refractivity contribution < 1.29 is 14.6 Å². The number of carbonyl (C=O) groups is 1. The Balaban J connectivity index is 1.69. The molecule has 1 N–H and O–H groups in total. The summed E-state index contributed by atoms with van der Waals surface area (Å²) >= 11 is 0. The molecule has 6 nitrogen and oxygen atoms in total. The molecule has 3 aromatic rings. The van der Waals surface area contributed by atoms with Gasteiger partial charge in [0, 0.05) is 19.8 Å². The van der Waals surface area contributed by atoms with E-state index in [0.29, 0.717) is 17.4 Å². The van der Waals surface area contributed by atoms with Crippen LogP contribution in [0.1, 0.15) is 40.5 Å². The summed E-state index contributed by atoms with van der Waals surface area (Å²) in [6.45, 7) is 2.92. The average Bonchev–Trinajstić information content (AvgIpc) is 2.77. The Hall–Kier alpha value is -3.41. The van der Waals surface area contributed by atoms with Gasteiger partial charge >= 0.3 is 5.97 Å². The molecule has 30 heavy (non-hydrogen) atoms. The Bertz CT molecular complexity index is 959. The number of aromatic nitrogens is 2. The summed E-state index contributed by atoms with van der Waals surface area (Å²) in [5.74, 6) is 0.0991. The quantitative estimate of drug-likeness (QED) is 0.539. The topological polar surface area (TPSA) is 75.5 Å². The first kappa shape index (κ1) is 21.3. The van der Waals surface area contributed by atoms with E-state index in [-0.39, 0.29) is 12.2 Å². The number of aromatic carboxylic acids is 1. The highest BCUT2D eigenvalue weighted by Crippen LogP contribution is 2.18. The SMILES string of the molecule is CCCc1ccc(OCc2nc(N(C)CCc3ccccc3)ncc2C(=O)O)cc1. The maximum atomic E-state index is 11.6. The van der Waals surface area contributed by atoms with Crippen LogP contribution in [-0.2, 0) is 19.4 Å². The molecule has 1 aromatic heterocycles. The van der Waals surface area contributed by atoms with E-state index in [1.807, 2.05) is 54.4 Å². The highest BCUT2D eigenvalue weighted by molar-refractivity contribution is 5.88. The van der Waals surface area contributed by atoms with Crippen molar-refractivity contribution in [2.75, 3.05) is 18.5 Å². The summed E-state index contributed by atoms with van der Waals surface area (Å²) in [5, 5.41) is 9.49. The normalized spacial score (nSPS) is 10.6. The van der Waals surface area contributed by atoms with Crippen LogP contribution in [0.3, 0.4) is 0 Å². The van der Waals surface area contributed by atoms with Gasteiger partial charge < -0.3 is 14.7 Å². The van der Waals surface area contributed by atoms with Crippen LogP contribution in [0.4, 0.5) is 5.95 Å². The van der Waals surface area contributed by atoms with Crippen molar-refractivity contribution >= 4 is 11.9 Å². The van der Waals surface area contributed by atoms with Crippen LogP contribution in [0.25, 0.3) is 0 Å². The fourth-order valence-electron chi connectivity index (χ4n) is 3.11. The van der Waals surface area contributed by atoms with Gasteiger partial charge in [0.2, 0.25) is 5.95 Å². The minimum atomic E-state index is -1.06. The molecule has 0 spiro atoms. The number of ether oxygens (including phenoxy) is 1. The Kier molecular flexibility index (Phi) is 7.38. The number of benzene rings is 2. The van der Waals surface area contributed by atoms with Crippen LogP contribution in [0.5, 0.6) is 5.75 Å². The van der Waals surface area contributed by atoms with Crippen molar-refractivity contribution in [2.24, 2.45) is 0 Å². The lowest BCUT2D eigenvalue weighted by Crippen LogP contribution is -2.24. The van der Waals surface area contributed by atoms with Gasteiger partial charge in [-0.15, -0.1) is 0 Å². The molecule has 3 rings (SSSR count). The number of hydrogen-bond acceptors (Lipinski definition) is 5. The first-order valence-corrected chi connectivity index (χ1v) is 10.1. The van der Waals surface area contributed by atoms with E-state index >= 15 is 0 Å². The van der Waals surface area contributed by atoms with Gasteiger partial charge in [0.15, 0.2) is 0 Å². The number of rotatable bonds is 10. The highest BCUT2D eigenvalue weighted by Gasteiger charge is 2.16. The first-order chi connectivity index (χ1) is 14.6. The smallest absolute Gasteiger partial charge is 0.339 e. The number of carboxylic acids is 1. The second kappa shape index (κ2) is 10.4. The lowest BCUT2D eigenvalue weighted by molar-refractivity contribution is 0.0692. The molecule has 0 atom stereocenters. The number of likely N-dealkylation sites (N-methyl/N-ethyl adjacent to an activating group) is 1. The summed E-state index contributed by atoms with van der Waals surface area (Å²) in [6, 6.07) is 18.0. The van der Waals surface area contributed by atoms with E-state index in [1.54, 1.807) is 0 Å². The summed E-state index contributed by atoms with van der Waals surface area (Å²) in [5.41, 5.74) is 2.89. The fourth-order valence-corrected chi connectivity index (χ4v) is 3.11. The second-order valence-electron chi connectivity index (χ2n) is 7.18. The predicted octanol–water partition coefficient (Wildman–Crippen LogP) is 4.39. The molecule has 2 aromatic carbocycles. The minimum Gasteiger partial charge on any atom is -0.487 e. The Labute approximate surface area is 177 Å². The summed E-state index contributed by atoms with van der Waals surface area (Å²) in [7, 11) is 1.90. The molecule has 0 unspecified atom stereocenters. The van der Waals surface area contributed by atoms with E-state index < -0.39 is 5.97 Å². The molecule has 0 bridgehead atoms. The largest absolute Gasteiger partial charge is 0.487 e. The van der Waals surface area contributed by atoms with E-state index in [4.69, 9.17) is 4.74 Å². The van der Waals surface area contributed by atoms with E-state index in [9.17, 15) is 9.90 Å². The summed E-state index contributed by atoms with van der Waals surface area (Å²) < 4.78 is 5.81. The van der Waals surface area contributed by atoms with Gasteiger partial charge in [-0.25, -0.2) is 14.8 Å². The van der Waals surface area contributed by atoms with Gasteiger partial charge in [-0.3, -0.25) is 0 Å². The molecule has 156 valence electrons. The van der Waals surface area contributed by atoms with Crippen molar-refractivity contribution in [1.29, 1.82) is 0 Å². The van der Waals surface area contributed by atoms with Crippen molar-refractivity contribution in [1.82, 2.24) is 9.97 Å². The van der Waals surface area contributed by atoms with Crippen LogP contribution < -0.4 is 9.64 Å². The van der Waals surface area contributed by atoms with Crippen molar-refractivity contribution in [3.05, 3.63) is 83.2 Å². The third kappa shape index (κ3) is 5.80. The standard InChI is InChI=1S/C24H27N3O3/c1-3-7-18-10-12-20(13-11-18)30-17-22-21(23(28)29)16-25-24(26-22)27(2)15-14-19-8-5-4-6-9-19/h4-6,8-13,16H,3,7,14-15,17H2,1-2H3,(H,28,29). The Morgan fingerprint density at radius 2 is 1.73 bits per heavy atom. The molecule has 1 heterocycles.